The molecule has 0 aromatic rings. The van der Waals surface area contributed by atoms with Gasteiger partial charge < -0.3 is 5.32 Å². The Bertz CT molecular complexity index is 320. The molecule has 1 spiro atoms. The molecule has 1 N–H and O–H groups in total. The third-order valence-corrected chi connectivity index (χ3v) is 3.48. The molecule has 1 fully saturated rings. The zero-order chi connectivity index (χ0) is 16.0. The van der Waals surface area contributed by atoms with Gasteiger partial charge >= 0.3 is 0 Å². The summed E-state index contributed by atoms with van der Waals surface area (Å²) in [5.74, 6) is 0. The molecule has 1 aliphatic carbocycles. The van der Waals surface area contributed by atoms with Gasteiger partial charge in [0, 0.05) is 5.41 Å². The number of piperidine rings is 1. The van der Waals surface area contributed by atoms with Gasteiger partial charge in [-0.15, -0.1) is 6.58 Å². The van der Waals surface area contributed by atoms with Crippen LogP contribution in [0, 0.1) is 5.41 Å². The normalized spacial score (nSPS) is 17.9. The first-order valence-corrected chi connectivity index (χ1v) is 7.39. The van der Waals surface area contributed by atoms with Gasteiger partial charge in [0.15, 0.2) is 0 Å². The van der Waals surface area contributed by atoms with Gasteiger partial charge in [0.25, 0.3) is 0 Å². The summed E-state index contributed by atoms with van der Waals surface area (Å²) in [5.41, 5.74) is 3.22. The summed E-state index contributed by atoms with van der Waals surface area (Å²) in [5, 5.41) is 3.41. The molecule has 0 atom stereocenters. The lowest BCUT2D eigenvalue weighted by Crippen LogP contribution is -2.35. The largest absolute Gasteiger partial charge is 0.317 e. The molecule has 0 saturated carbocycles. The molecule has 0 aromatic heterocycles. The Hall–Kier alpha value is -1.15. The van der Waals surface area contributed by atoms with Crippen LogP contribution in [0.5, 0.6) is 0 Å². The van der Waals surface area contributed by atoms with Gasteiger partial charge in [0.2, 0.25) is 0 Å². The van der Waals surface area contributed by atoms with Crippen molar-refractivity contribution in [2.24, 2.45) is 5.41 Å². The molecule has 0 bridgehead atoms. The smallest absolute Gasteiger partial charge is 0.0785 e. The van der Waals surface area contributed by atoms with Gasteiger partial charge in [-0.2, -0.15) is 0 Å². The molecule has 0 unspecified atom stereocenters. The molecular weight excluding hydrogens is 249 g/mol. The molecule has 116 valence electrons. The second-order valence-corrected chi connectivity index (χ2v) is 4.43. The predicted octanol–water partition coefficient (Wildman–Crippen LogP) is 5.23. The van der Waals surface area contributed by atoms with Gasteiger partial charge in [-0.3, -0.25) is 4.39 Å². The second-order valence-electron chi connectivity index (χ2n) is 4.43. The van der Waals surface area contributed by atoms with Crippen molar-refractivity contribution < 1.29 is 4.39 Å². The first kappa shape index (κ1) is 21.2. The third-order valence-electron chi connectivity index (χ3n) is 3.48. The topological polar surface area (TPSA) is 12.0 Å². The second kappa shape index (κ2) is 12.9. The van der Waals surface area contributed by atoms with Crippen LogP contribution in [0.15, 0.2) is 48.6 Å². The Morgan fingerprint density at radius 1 is 1.20 bits per heavy atom. The fraction of sp³-hybridized carbons (Fsp3) is 0.556. The van der Waals surface area contributed by atoms with Crippen LogP contribution < -0.4 is 5.32 Å². The fourth-order valence-corrected chi connectivity index (χ4v) is 2.42. The van der Waals surface area contributed by atoms with E-state index in [0.29, 0.717) is 12.6 Å². The van der Waals surface area contributed by atoms with E-state index in [1.54, 1.807) is 6.08 Å². The number of alkyl halides is 1. The maximum atomic E-state index is 9.50. The molecule has 1 nitrogen and oxygen atoms in total. The number of nitrogens with one attached hydrogen (secondary N) is 1. The summed E-state index contributed by atoms with van der Waals surface area (Å²) in [4.78, 5) is 0. The predicted molar refractivity (Wildman–Crippen MR) is 90.8 cm³/mol. The van der Waals surface area contributed by atoms with Crippen molar-refractivity contribution in [3.05, 3.63) is 48.6 Å². The van der Waals surface area contributed by atoms with E-state index < -0.39 is 0 Å². The lowest BCUT2D eigenvalue weighted by Gasteiger charge is -2.34. The molecule has 20 heavy (non-hydrogen) atoms. The SMILES string of the molecule is C=CC.C=CC1=C(C)C2(C=C1)CCNCC2.CC.CF. The molecule has 2 aliphatic rings. The number of halogens is 1. The van der Waals surface area contributed by atoms with Crippen molar-refractivity contribution in [3.8, 4) is 0 Å². The Morgan fingerprint density at radius 3 is 2.00 bits per heavy atom. The average Bonchev–Trinajstić information content (AvgIpc) is 2.81. The van der Waals surface area contributed by atoms with Crippen molar-refractivity contribution in [3.63, 3.8) is 0 Å². The average molecular weight is 281 g/mol. The van der Waals surface area contributed by atoms with Crippen molar-refractivity contribution in [2.45, 2.75) is 40.5 Å². The first-order valence-electron chi connectivity index (χ1n) is 7.39. The van der Waals surface area contributed by atoms with E-state index in [9.17, 15) is 4.39 Å². The Balaban J connectivity index is 0. The van der Waals surface area contributed by atoms with Crippen molar-refractivity contribution in [1.82, 2.24) is 5.32 Å². The zero-order valence-electron chi connectivity index (χ0n) is 13.9. The molecule has 0 aromatic carbocycles. The van der Waals surface area contributed by atoms with Crippen molar-refractivity contribution >= 4 is 0 Å². The van der Waals surface area contributed by atoms with E-state index in [0.717, 1.165) is 13.1 Å². The van der Waals surface area contributed by atoms with Crippen LogP contribution in [-0.2, 0) is 0 Å². The van der Waals surface area contributed by atoms with Crippen LogP contribution in [0.1, 0.15) is 40.5 Å². The maximum Gasteiger partial charge on any atom is 0.0785 e. The van der Waals surface area contributed by atoms with Crippen LogP contribution in [0.25, 0.3) is 0 Å². The summed E-state index contributed by atoms with van der Waals surface area (Å²) < 4.78 is 9.50. The Kier molecular flexibility index (Phi) is 13.6. The van der Waals surface area contributed by atoms with E-state index in [4.69, 9.17) is 0 Å². The van der Waals surface area contributed by atoms with Gasteiger partial charge in [-0.1, -0.05) is 50.3 Å². The first-order chi connectivity index (χ1) is 9.70. The Labute approximate surface area is 125 Å². The molecule has 0 radical (unpaired) electrons. The summed E-state index contributed by atoms with van der Waals surface area (Å²) in [6.45, 7) is 17.6. The molecule has 1 saturated heterocycles. The minimum atomic E-state index is 0.370. The lowest BCUT2D eigenvalue weighted by molar-refractivity contribution is 0.327. The monoisotopic (exact) mass is 281 g/mol. The summed E-state index contributed by atoms with van der Waals surface area (Å²) in [6, 6.07) is 0. The molecule has 1 aliphatic heterocycles. The highest BCUT2D eigenvalue weighted by Crippen LogP contribution is 2.44. The van der Waals surface area contributed by atoms with Crippen molar-refractivity contribution in [2.75, 3.05) is 20.3 Å². The Morgan fingerprint density at radius 2 is 1.65 bits per heavy atom. The van der Waals surface area contributed by atoms with Gasteiger partial charge in [-0.25, -0.2) is 0 Å². The highest BCUT2D eigenvalue weighted by Gasteiger charge is 2.34. The molecule has 2 rings (SSSR count). The summed E-state index contributed by atoms with van der Waals surface area (Å²) in [7, 11) is 0.500. The zero-order valence-corrected chi connectivity index (χ0v) is 13.9. The van der Waals surface area contributed by atoms with Gasteiger partial charge in [0.05, 0.1) is 7.18 Å². The van der Waals surface area contributed by atoms with E-state index in [1.807, 2.05) is 26.8 Å². The van der Waals surface area contributed by atoms with E-state index in [1.165, 1.54) is 24.0 Å². The lowest BCUT2D eigenvalue weighted by atomic mass is 9.75. The van der Waals surface area contributed by atoms with Crippen LogP contribution in [0.4, 0.5) is 4.39 Å². The van der Waals surface area contributed by atoms with Crippen LogP contribution >= 0.6 is 0 Å². The molecule has 2 heteroatoms. The highest BCUT2D eigenvalue weighted by molar-refractivity contribution is 5.46. The van der Waals surface area contributed by atoms with E-state index in [2.05, 4.69) is 37.6 Å². The van der Waals surface area contributed by atoms with Crippen LogP contribution in [0.3, 0.4) is 0 Å². The molecular formula is C18H32FN. The molecule has 1 heterocycles. The number of allylic oxidation sites excluding steroid dienone is 6. The van der Waals surface area contributed by atoms with E-state index >= 15 is 0 Å². The maximum absolute atomic E-state index is 9.50. The third kappa shape index (κ3) is 5.87. The summed E-state index contributed by atoms with van der Waals surface area (Å²) in [6.07, 6.45) is 10.8. The molecule has 0 amide bonds. The van der Waals surface area contributed by atoms with Crippen LogP contribution in [-0.4, -0.2) is 20.3 Å². The number of rotatable bonds is 1. The minimum absolute atomic E-state index is 0.370. The number of hydrogen-bond acceptors (Lipinski definition) is 1. The van der Waals surface area contributed by atoms with E-state index in [-0.39, 0.29) is 0 Å². The van der Waals surface area contributed by atoms with Gasteiger partial charge in [0.1, 0.15) is 0 Å². The standard InChI is InChI=1S/C12H17N.C3H6.C2H6.CH3F/c1-3-11-4-5-12(10(11)2)6-8-13-9-7-12;1-3-2;2*1-2/h3-5,13H,1,6-9H2,2H3;3H,1H2,2H3;1-2H3;1H3. The van der Waals surface area contributed by atoms with Gasteiger partial charge in [-0.05, 0) is 45.4 Å². The fourth-order valence-electron chi connectivity index (χ4n) is 2.42. The highest BCUT2D eigenvalue weighted by atomic mass is 19.1. The minimum Gasteiger partial charge on any atom is -0.317 e. The van der Waals surface area contributed by atoms with Crippen LogP contribution in [0.2, 0.25) is 0 Å². The quantitative estimate of drug-likeness (QED) is 0.649. The summed E-state index contributed by atoms with van der Waals surface area (Å²) >= 11 is 0. The van der Waals surface area contributed by atoms with Crippen molar-refractivity contribution in [1.29, 1.82) is 0 Å². The number of hydrogen-bond donors (Lipinski definition) is 1.